The zero-order chi connectivity index (χ0) is 12.3. The summed E-state index contributed by atoms with van der Waals surface area (Å²) in [7, 11) is 0. The maximum atomic E-state index is 11.4. The lowest BCUT2D eigenvalue weighted by molar-refractivity contribution is 0.0564. The van der Waals surface area contributed by atoms with Gasteiger partial charge in [0.05, 0.1) is 12.6 Å². The van der Waals surface area contributed by atoms with E-state index < -0.39 is 11.7 Å². The second-order valence-corrected chi connectivity index (χ2v) is 6.00. The molecule has 16 heavy (non-hydrogen) atoms. The van der Waals surface area contributed by atoms with E-state index in [9.17, 15) is 4.79 Å². The number of amidine groups is 1. The summed E-state index contributed by atoms with van der Waals surface area (Å²) in [5.74, 6) is 0. The lowest BCUT2D eigenvalue weighted by Crippen LogP contribution is -2.34. The van der Waals surface area contributed by atoms with E-state index in [0.717, 1.165) is 0 Å². The second-order valence-electron chi connectivity index (χ2n) is 4.63. The molecule has 1 heterocycles. The van der Waals surface area contributed by atoms with Gasteiger partial charge in [-0.15, -0.1) is 0 Å². The van der Waals surface area contributed by atoms with Crippen LogP contribution in [0.25, 0.3) is 0 Å². The summed E-state index contributed by atoms with van der Waals surface area (Å²) in [5.41, 5.74) is -0.518. The largest absolute Gasteiger partial charge is 0.444 e. The molecular formula is C10H18N2O3S. The van der Waals surface area contributed by atoms with Gasteiger partial charge in [0.25, 0.3) is 0 Å². The van der Waals surface area contributed by atoms with Crippen LogP contribution in [0.5, 0.6) is 0 Å². The lowest BCUT2D eigenvalue weighted by Gasteiger charge is -2.19. The third-order valence-electron chi connectivity index (χ3n) is 1.92. The van der Waals surface area contributed by atoms with Gasteiger partial charge >= 0.3 is 6.09 Å². The zero-order valence-corrected chi connectivity index (χ0v) is 10.8. The van der Waals surface area contributed by atoms with Gasteiger partial charge in [-0.05, 0) is 20.8 Å². The molecule has 5 nitrogen and oxygen atoms in total. The highest BCUT2D eigenvalue weighted by Crippen LogP contribution is 2.25. The summed E-state index contributed by atoms with van der Waals surface area (Å²) >= 11 is 1.43. The van der Waals surface area contributed by atoms with Crippen molar-refractivity contribution >= 4 is 23.0 Å². The van der Waals surface area contributed by atoms with Crippen LogP contribution in [-0.4, -0.2) is 39.9 Å². The predicted molar refractivity (Wildman–Crippen MR) is 64.7 cm³/mol. The maximum absolute atomic E-state index is 11.4. The normalized spacial score (nSPS) is 25.2. The van der Waals surface area contributed by atoms with Crippen LogP contribution in [0.1, 0.15) is 27.7 Å². The summed E-state index contributed by atoms with van der Waals surface area (Å²) in [5, 5.41) is 12.3. The number of ether oxygens (including phenoxy) is 1. The average Bonchev–Trinajstić information content (AvgIpc) is 2.42. The van der Waals surface area contributed by atoms with E-state index >= 15 is 0 Å². The molecule has 2 N–H and O–H groups in total. The summed E-state index contributed by atoms with van der Waals surface area (Å²) < 4.78 is 5.10. The number of nitrogens with zero attached hydrogens (tertiary/aromatic N) is 1. The molecule has 0 radical (unpaired) electrons. The molecular weight excluding hydrogens is 228 g/mol. The maximum Gasteiger partial charge on any atom is 0.413 e. The Morgan fingerprint density at radius 3 is 2.69 bits per heavy atom. The Hall–Kier alpha value is -0.750. The van der Waals surface area contributed by atoms with E-state index in [-0.39, 0.29) is 17.9 Å². The van der Waals surface area contributed by atoms with Crippen LogP contribution in [0.3, 0.4) is 0 Å². The molecule has 6 heteroatoms. The van der Waals surface area contributed by atoms with Crippen molar-refractivity contribution in [2.24, 2.45) is 4.99 Å². The molecule has 0 aromatic rings. The van der Waals surface area contributed by atoms with Gasteiger partial charge in [0.15, 0.2) is 5.17 Å². The molecule has 1 aliphatic heterocycles. The molecule has 0 aliphatic carbocycles. The first-order valence-corrected chi connectivity index (χ1v) is 6.05. The summed E-state index contributed by atoms with van der Waals surface area (Å²) in [4.78, 5) is 15.6. The molecule has 1 amide bonds. The molecule has 0 saturated carbocycles. The van der Waals surface area contributed by atoms with Crippen molar-refractivity contribution in [1.82, 2.24) is 5.32 Å². The SMILES string of the molecule is CC1SC(NC(=O)OC(C)(C)C)=N[C@H]1CO. The van der Waals surface area contributed by atoms with Gasteiger partial charge in [0.1, 0.15) is 5.60 Å². The first kappa shape index (κ1) is 13.3. The van der Waals surface area contributed by atoms with E-state index in [0.29, 0.717) is 5.17 Å². The molecule has 0 spiro atoms. The number of aliphatic hydroxyl groups is 1. The number of thioether (sulfide) groups is 1. The molecule has 0 aromatic carbocycles. The number of amides is 1. The summed E-state index contributed by atoms with van der Waals surface area (Å²) in [6.07, 6.45) is -0.510. The quantitative estimate of drug-likeness (QED) is 0.733. The molecule has 92 valence electrons. The number of aliphatic hydroxyl groups excluding tert-OH is 1. The smallest absolute Gasteiger partial charge is 0.413 e. The Bertz CT molecular complexity index is 299. The van der Waals surface area contributed by atoms with Gasteiger partial charge in [-0.25, -0.2) is 4.79 Å². The number of nitrogens with one attached hydrogen (secondary N) is 1. The summed E-state index contributed by atoms with van der Waals surface area (Å²) in [6.45, 7) is 7.35. The highest BCUT2D eigenvalue weighted by atomic mass is 32.2. The van der Waals surface area contributed by atoms with Crippen LogP contribution < -0.4 is 5.32 Å². The number of hydrogen-bond acceptors (Lipinski definition) is 5. The molecule has 0 aromatic heterocycles. The second kappa shape index (κ2) is 5.05. The third kappa shape index (κ3) is 4.02. The van der Waals surface area contributed by atoms with Gasteiger partial charge in [0, 0.05) is 5.25 Å². The van der Waals surface area contributed by atoms with E-state index in [4.69, 9.17) is 9.84 Å². The Morgan fingerprint density at radius 2 is 2.25 bits per heavy atom. The number of rotatable bonds is 1. The van der Waals surface area contributed by atoms with Crippen LogP contribution >= 0.6 is 11.8 Å². The fourth-order valence-corrected chi connectivity index (χ4v) is 2.18. The minimum atomic E-state index is -0.518. The Kier molecular flexibility index (Phi) is 4.21. The van der Waals surface area contributed by atoms with Crippen molar-refractivity contribution in [2.75, 3.05) is 6.61 Å². The van der Waals surface area contributed by atoms with Gasteiger partial charge in [0.2, 0.25) is 0 Å². The van der Waals surface area contributed by atoms with Crippen molar-refractivity contribution in [2.45, 2.75) is 44.6 Å². The van der Waals surface area contributed by atoms with E-state index in [2.05, 4.69) is 10.3 Å². The van der Waals surface area contributed by atoms with Crippen molar-refractivity contribution in [3.63, 3.8) is 0 Å². The number of aliphatic imine (C=N–C) groups is 1. The fraction of sp³-hybridized carbons (Fsp3) is 0.800. The minimum Gasteiger partial charge on any atom is -0.444 e. The van der Waals surface area contributed by atoms with Crippen LogP contribution in [0, 0.1) is 0 Å². The van der Waals surface area contributed by atoms with Crippen molar-refractivity contribution < 1.29 is 14.6 Å². The number of carbonyl (C=O) groups excluding carboxylic acids is 1. The Labute approximate surface area is 99.7 Å². The molecule has 1 rings (SSSR count). The van der Waals surface area contributed by atoms with Gasteiger partial charge in [-0.1, -0.05) is 18.7 Å². The average molecular weight is 246 g/mol. The molecule has 0 saturated heterocycles. The molecule has 2 atom stereocenters. The molecule has 0 bridgehead atoms. The first-order valence-electron chi connectivity index (χ1n) is 5.17. The van der Waals surface area contributed by atoms with Crippen molar-refractivity contribution in [3.05, 3.63) is 0 Å². The van der Waals surface area contributed by atoms with Gasteiger partial charge in [-0.3, -0.25) is 10.3 Å². The Balaban J connectivity index is 2.47. The molecule has 1 unspecified atom stereocenters. The number of alkyl carbamates (subject to hydrolysis) is 1. The standard InChI is InChI=1S/C10H18N2O3S/c1-6-7(5-13)11-8(16-6)12-9(14)15-10(2,3)4/h6-7,13H,5H2,1-4H3,(H,11,12,14)/t6?,7-/m0/s1. The zero-order valence-electron chi connectivity index (χ0n) is 9.98. The van der Waals surface area contributed by atoms with E-state index in [1.807, 2.05) is 6.92 Å². The number of hydrogen-bond donors (Lipinski definition) is 2. The summed E-state index contributed by atoms with van der Waals surface area (Å²) in [6, 6.07) is -0.144. The number of carbonyl (C=O) groups is 1. The Morgan fingerprint density at radius 1 is 1.62 bits per heavy atom. The van der Waals surface area contributed by atoms with Gasteiger partial charge in [-0.2, -0.15) is 0 Å². The minimum absolute atomic E-state index is 0.00628. The van der Waals surface area contributed by atoms with E-state index in [1.54, 1.807) is 20.8 Å². The van der Waals surface area contributed by atoms with Crippen LogP contribution in [-0.2, 0) is 4.74 Å². The van der Waals surface area contributed by atoms with Gasteiger partial charge < -0.3 is 9.84 Å². The topological polar surface area (TPSA) is 70.9 Å². The third-order valence-corrected chi connectivity index (χ3v) is 3.03. The van der Waals surface area contributed by atoms with Crippen molar-refractivity contribution in [3.8, 4) is 0 Å². The lowest BCUT2D eigenvalue weighted by atomic mass is 10.2. The highest BCUT2D eigenvalue weighted by Gasteiger charge is 2.27. The van der Waals surface area contributed by atoms with Crippen molar-refractivity contribution in [1.29, 1.82) is 0 Å². The predicted octanol–water partition coefficient (Wildman–Crippen LogP) is 1.36. The fourth-order valence-electron chi connectivity index (χ4n) is 1.18. The van der Waals surface area contributed by atoms with Crippen LogP contribution in [0.4, 0.5) is 4.79 Å². The molecule has 1 aliphatic rings. The molecule has 0 fully saturated rings. The monoisotopic (exact) mass is 246 g/mol. The van der Waals surface area contributed by atoms with Crippen LogP contribution in [0.2, 0.25) is 0 Å². The first-order chi connectivity index (χ1) is 7.31. The highest BCUT2D eigenvalue weighted by molar-refractivity contribution is 8.14. The van der Waals surface area contributed by atoms with Crippen LogP contribution in [0.15, 0.2) is 4.99 Å². The van der Waals surface area contributed by atoms with E-state index in [1.165, 1.54) is 11.8 Å².